The first-order chi connectivity index (χ1) is 12.8. The number of aryl methyl sites for hydroxylation is 1. The lowest BCUT2D eigenvalue weighted by Crippen LogP contribution is -2.19. The highest BCUT2D eigenvalue weighted by atomic mass is 15.2. The highest BCUT2D eigenvalue weighted by Crippen LogP contribution is 2.35. The zero-order valence-electron chi connectivity index (χ0n) is 14.8. The van der Waals surface area contributed by atoms with Crippen LogP contribution >= 0.6 is 0 Å². The number of benzene rings is 2. The SMILES string of the molecule is Cc1ccc2c(c1)c(-c1ccccc1)nc1c(N3CCCC3)ncnc12. The van der Waals surface area contributed by atoms with Crippen LogP contribution in [-0.4, -0.2) is 28.0 Å². The van der Waals surface area contributed by atoms with Gasteiger partial charge >= 0.3 is 0 Å². The molecule has 2 aromatic carbocycles. The van der Waals surface area contributed by atoms with Crippen molar-refractivity contribution in [1.82, 2.24) is 15.0 Å². The molecule has 1 aliphatic rings. The first-order valence-corrected chi connectivity index (χ1v) is 9.17. The Labute approximate surface area is 152 Å². The maximum absolute atomic E-state index is 5.09. The summed E-state index contributed by atoms with van der Waals surface area (Å²) in [6.45, 7) is 4.20. The molecule has 3 heterocycles. The van der Waals surface area contributed by atoms with E-state index in [1.807, 2.05) is 6.07 Å². The van der Waals surface area contributed by atoms with Crippen molar-refractivity contribution < 1.29 is 0 Å². The highest BCUT2D eigenvalue weighted by molar-refractivity contribution is 6.11. The predicted octanol–water partition coefficient (Wildman–Crippen LogP) is 4.75. The van der Waals surface area contributed by atoms with Gasteiger partial charge in [-0.15, -0.1) is 0 Å². The summed E-state index contributed by atoms with van der Waals surface area (Å²) < 4.78 is 0. The van der Waals surface area contributed by atoms with Crippen LogP contribution in [0.25, 0.3) is 33.1 Å². The minimum absolute atomic E-state index is 0.907. The largest absolute Gasteiger partial charge is 0.355 e. The van der Waals surface area contributed by atoms with E-state index in [4.69, 9.17) is 4.98 Å². The molecular formula is C22H20N4. The van der Waals surface area contributed by atoms with Gasteiger partial charge in [0.1, 0.15) is 17.4 Å². The normalized spacial score (nSPS) is 14.4. The highest BCUT2D eigenvalue weighted by Gasteiger charge is 2.20. The van der Waals surface area contributed by atoms with E-state index in [0.29, 0.717) is 0 Å². The van der Waals surface area contributed by atoms with Crippen LogP contribution in [0.5, 0.6) is 0 Å². The quantitative estimate of drug-likeness (QED) is 0.494. The Hall–Kier alpha value is -3.01. The molecule has 0 atom stereocenters. The molecule has 0 N–H and O–H groups in total. The molecule has 2 aromatic heterocycles. The topological polar surface area (TPSA) is 41.9 Å². The van der Waals surface area contributed by atoms with Gasteiger partial charge in [0.05, 0.1) is 5.69 Å². The van der Waals surface area contributed by atoms with Crippen LogP contribution in [-0.2, 0) is 0 Å². The van der Waals surface area contributed by atoms with E-state index < -0.39 is 0 Å². The molecular weight excluding hydrogens is 320 g/mol. The van der Waals surface area contributed by atoms with E-state index in [-0.39, 0.29) is 0 Å². The Morgan fingerprint density at radius 2 is 1.65 bits per heavy atom. The van der Waals surface area contributed by atoms with E-state index in [0.717, 1.165) is 52.0 Å². The van der Waals surface area contributed by atoms with Crippen LogP contribution in [0.1, 0.15) is 18.4 Å². The van der Waals surface area contributed by atoms with Crippen molar-refractivity contribution in [3.05, 3.63) is 60.4 Å². The van der Waals surface area contributed by atoms with Crippen molar-refractivity contribution >= 4 is 27.6 Å². The maximum Gasteiger partial charge on any atom is 0.158 e. The minimum Gasteiger partial charge on any atom is -0.355 e. The summed E-state index contributed by atoms with van der Waals surface area (Å²) in [5, 5.41) is 2.29. The second-order valence-electron chi connectivity index (χ2n) is 6.96. The maximum atomic E-state index is 5.09. The standard InChI is InChI=1S/C22H20N4/c1-15-9-10-17-18(13-15)19(16-7-3-2-4-8-16)25-21-20(17)23-14-24-22(21)26-11-5-6-12-26/h2-4,7-10,13-14H,5-6,11-12H2,1H3. The summed E-state index contributed by atoms with van der Waals surface area (Å²) in [4.78, 5) is 16.6. The van der Waals surface area contributed by atoms with Gasteiger partial charge in [0.2, 0.25) is 0 Å². The van der Waals surface area contributed by atoms with Gasteiger partial charge in [0.15, 0.2) is 5.82 Å². The first-order valence-electron chi connectivity index (χ1n) is 9.17. The molecule has 0 amide bonds. The molecule has 0 radical (unpaired) electrons. The summed E-state index contributed by atoms with van der Waals surface area (Å²) in [6, 6.07) is 16.9. The summed E-state index contributed by atoms with van der Waals surface area (Å²) in [5.41, 5.74) is 5.21. The van der Waals surface area contributed by atoms with Crippen LogP contribution < -0.4 is 4.90 Å². The molecule has 5 rings (SSSR count). The molecule has 4 heteroatoms. The summed E-state index contributed by atoms with van der Waals surface area (Å²) in [6.07, 6.45) is 4.10. The van der Waals surface area contributed by atoms with E-state index in [2.05, 4.69) is 64.3 Å². The Kier molecular flexibility index (Phi) is 3.56. The molecule has 0 saturated carbocycles. The van der Waals surface area contributed by atoms with Gasteiger partial charge in [-0.3, -0.25) is 0 Å². The molecule has 0 bridgehead atoms. The lowest BCUT2D eigenvalue weighted by Gasteiger charge is -2.19. The number of aromatic nitrogens is 3. The first kappa shape index (κ1) is 15.3. The molecule has 1 fully saturated rings. The number of anilines is 1. The monoisotopic (exact) mass is 340 g/mol. The fourth-order valence-corrected chi connectivity index (χ4v) is 3.88. The fraction of sp³-hybridized carbons (Fsp3) is 0.227. The average Bonchev–Trinajstić information content (AvgIpc) is 3.22. The lowest BCUT2D eigenvalue weighted by atomic mass is 10.0. The third-order valence-corrected chi connectivity index (χ3v) is 5.16. The van der Waals surface area contributed by atoms with Gasteiger partial charge in [-0.25, -0.2) is 15.0 Å². The van der Waals surface area contributed by atoms with Gasteiger partial charge in [0.25, 0.3) is 0 Å². The molecule has 26 heavy (non-hydrogen) atoms. The smallest absolute Gasteiger partial charge is 0.158 e. The van der Waals surface area contributed by atoms with Gasteiger partial charge in [-0.2, -0.15) is 0 Å². The predicted molar refractivity (Wildman–Crippen MR) is 106 cm³/mol. The second-order valence-corrected chi connectivity index (χ2v) is 6.96. The lowest BCUT2D eigenvalue weighted by molar-refractivity contribution is 0.936. The van der Waals surface area contributed by atoms with Crippen molar-refractivity contribution in [2.24, 2.45) is 0 Å². The Morgan fingerprint density at radius 1 is 0.846 bits per heavy atom. The number of rotatable bonds is 2. The summed E-state index contributed by atoms with van der Waals surface area (Å²) in [5.74, 6) is 0.965. The van der Waals surface area contributed by atoms with Gasteiger partial charge < -0.3 is 4.90 Å². The van der Waals surface area contributed by atoms with Crippen LogP contribution in [0.2, 0.25) is 0 Å². The van der Waals surface area contributed by atoms with Crippen LogP contribution in [0.15, 0.2) is 54.9 Å². The van der Waals surface area contributed by atoms with Crippen molar-refractivity contribution in [1.29, 1.82) is 0 Å². The molecule has 1 saturated heterocycles. The number of nitrogens with zero attached hydrogens (tertiary/aromatic N) is 4. The number of fused-ring (bicyclic) bond motifs is 3. The van der Waals surface area contributed by atoms with Gasteiger partial charge in [-0.1, -0.05) is 48.0 Å². The molecule has 0 unspecified atom stereocenters. The molecule has 0 aliphatic carbocycles. The van der Waals surface area contributed by atoms with Crippen molar-refractivity contribution in [3.63, 3.8) is 0 Å². The van der Waals surface area contributed by atoms with Crippen molar-refractivity contribution in [2.75, 3.05) is 18.0 Å². The molecule has 1 aliphatic heterocycles. The summed E-state index contributed by atoms with van der Waals surface area (Å²) in [7, 11) is 0. The Balaban J connectivity index is 1.89. The third kappa shape index (κ3) is 2.41. The Morgan fingerprint density at radius 3 is 2.46 bits per heavy atom. The molecule has 0 spiro atoms. The van der Waals surface area contributed by atoms with Crippen molar-refractivity contribution in [2.45, 2.75) is 19.8 Å². The average molecular weight is 340 g/mol. The van der Waals surface area contributed by atoms with E-state index >= 15 is 0 Å². The molecule has 4 aromatic rings. The van der Waals surface area contributed by atoms with Gasteiger partial charge in [-0.05, 0) is 25.8 Å². The van der Waals surface area contributed by atoms with E-state index in [9.17, 15) is 0 Å². The zero-order chi connectivity index (χ0) is 17.5. The summed E-state index contributed by atoms with van der Waals surface area (Å²) >= 11 is 0. The van der Waals surface area contributed by atoms with Crippen LogP contribution in [0.4, 0.5) is 5.82 Å². The minimum atomic E-state index is 0.907. The number of hydrogen-bond donors (Lipinski definition) is 0. The van der Waals surface area contributed by atoms with E-state index in [1.54, 1.807) is 6.33 Å². The zero-order valence-corrected chi connectivity index (χ0v) is 14.8. The molecule has 4 nitrogen and oxygen atoms in total. The number of hydrogen-bond acceptors (Lipinski definition) is 4. The van der Waals surface area contributed by atoms with Crippen molar-refractivity contribution in [3.8, 4) is 11.3 Å². The fourth-order valence-electron chi connectivity index (χ4n) is 3.88. The van der Waals surface area contributed by atoms with Gasteiger partial charge in [0, 0.05) is 29.4 Å². The third-order valence-electron chi connectivity index (χ3n) is 5.16. The second kappa shape index (κ2) is 6.06. The molecule has 128 valence electrons. The van der Waals surface area contributed by atoms with Crippen LogP contribution in [0, 0.1) is 6.92 Å². The van der Waals surface area contributed by atoms with Crippen LogP contribution in [0.3, 0.4) is 0 Å². The number of pyridine rings is 1. The Bertz CT molecular complexity index is 1100. The van der Waals surface area contributed by atoms with E-state index in [1.165, 1.54) is 18.4 Å².